The zero-order valence-corrected chi connectivity index (χ0v) is 9.99. The average Bonchev–Trinajstić information content (AvgIpc) is 2.26. The third-order valence-corrected chi connectivity index (χ3v) is 3.29. The van der Waals surface area contributed by atoms with Crippen LogP contribution in [0.4, 0.5) is 0 Å². The Bertz CT molecular complexity index is 247. The van der Waals surface area contributed by atoms with E-state index < -0.39 is 0 Å². The second kappa shape index (κ2) is 5.52. The number of nitrogens with one attached hydrogen (secondary N) is 2. The van der Waals surface area contributed by atoms with Gasteiger partial charge in [0.1, 0.15) is 0 Å². The van der Waals surface area contributed by atoms with Crippen molar-refractivity contribution < 1.29 is 4.79 Å². The summed E-state index contributed by atoms with van der Waals surface area (Å²) in [6.45, 7) is 7.84. The molecule has 1 aliphatic heterocycles. The van der Waals surface area contributed by atoms with E-state index >= 15 is 0 Å². The summed E-state index contributed by atoms with van der Waals surface area (Å²) in [7, 11) is 0. The van der Waals surface area contributed by atoms with Crippen LogP contribution in [0.25, 0.3) is 0 Å². The van der Waals surface area contributed by atoms with E-state index in [-0.39, 0.29) is 11.3 Å². The van der Waals surface area contributed by atoms with Crippen LogP contribution in [0.3, 0.4) is 0 Å². The third-order valence-electron chi connectivity index (χ3n) is 3.16. The third kappa shape index (κ3) is 3.21. The lowest BCUT2D eigenvalue weighted by Gasteiger charge is -2.35. The van der Waals surface area contributed by atoms with Gasteiger partial charge in [-0.3, -0.25) is 4.79 Å². The number of rotatable bonds is 4. The highest BCUT2D eigenvalue weighted by Crippen LogP contribution is 2.32. The molecule has 0 atom stereocenters. The number of halogens is 1. The normalized spacial score (nSPS) is 19.6. The van der Waals surface area contributed by atoms with E-state index in [2.05, 4.69) is 24.1 Å². The van der Waals surface area contributed by atoms with E-state index in [1.165, 1.54) is 0 Å². The summed E-state index contributed by atoms with van der Waals surface area (Å²) in [6.07, 6.45) is 2.70. The number of piperidine rings is 1. The maximum Gasteiger partial charge on any atom is 0.226 e. The first kappa shape index (κ1) is 12.5. The highest BCUT2D eigenvalue weighted by atomic mass is 35.5. The maximum absolute atomic E-state index is 12.0. The largest absolute Gasteiger partial charge is 0.351 e. The van der Waals surface area contributed by atoms with Crippen molar-refractivity contribution in [3.63, 3.8) is 0 Å². The average molecular weight is 231 g/mol. The SMILES string of the molecule is C=C(Cl)CNC(=O)C1(CC)CCNCC1. The van der Waals surface area contributed by atoms with Gasteiger partial charge in [-0.25, -0.2) is 0 Å². The Kier molecular flexibility index (Phi) is 4.61. The molecule has 4 heteroatoms. The van der Waals surface area contributed by atoms with Gasteiger partial charge in [0.2, 0.25) is 5.91 Å². The molecular formula is C11H19ClN2O. The molecule has 3 nitrogen and oxygen atoms in total. The van der Waals surface area contributed by atoms with Crippen molar-refractivity contribution >= 4 is 17.5 Å². The van der Waals surface area contributed by atoms with Crippen LogP contribution in [-0.2, 0) is 4.79 Å². The van der Waals surface area contributed by atoms with E-state index in [0.717, 1.165) is 32.4 Å². The smallest absolute Gasteiger partial charge is 0.226 e. The van der Waals surface area contributed by atoms with Gasteiger partial charge in [0.15, 0.2) is 0 Å². The van der Waals surface area contributed by atoms with Crippen LogP contribution in [-0.4, -0.2) is 25.5 Å². The first-order chi connectivity index (χ1) is 7.10. The minimum atomic E-state index is -0.197. The minimum Gasteiger partial charge on any atom is -0.351 e. The van der Waals surface area contributed by atoms with Crippen LogP contribution in [0.5, 0.6) is 0 Å². The van der Waals surface area contributed by atoms with Crippen molar-refractivity contribution in [1.29, 1.82) is 0 Å². The molecule has 0 aliphatic carbocycles. The van der Waals surface area contributed by atoms with Gasteiger partial charge in [-0.15, -0.1) is 0 Å². The Morgan fingerprint density at radius 2 is 2.13 bits per heavy atom. The van der Waals surface area contributed by atoms with E-state index in [1.807, 2.05) is 0 Å². The van der Waals surface area contributed by atoms with Gasteiger partial charge in [-0.2, -0.15) is 0 Å². The van der Waals surface area contributed by atoms with Crippen LogP contribution in [0.2, 0.25) is 0 Å². The maximum atomic E-state index is 12.0. The van der Waals surface area contributed by atoms with Crippen molar-refractivity contribution in [2.45, 2.75) is 26.2 Å². The second-order valence-corrected chi connectivity index (χ2v) is 4.62. The van der Waals surface area contributed by atoms with Gasteiger partial charge in [0.05, 0.1) is 12.0 Å². The molecule has 0 spiro atoms. The molecule has 0 bridgehead atoms. The Labute approximate surface area is 96.3 Å². The predicted molar refractivity (Wildman–Crippen MR) is 62.8 cm³/mol. The van der Waals surface area contributed by atoms with Crippen LogP contribution in [0, 0.1) is 5.41 Å². The van der Waals surface area contributed by atoms with E-state index in [1.54, 1.807) is 0 Å². The molecule has 1 amide bonds. The van der Waals surface area contributed by atoms with E-state index in [0.29, 0.717) is 11.6 Å². The summed E-state index contributed by atoms with van der Waals surface area (Å²) >= 11 is 5.63. The summed E-state index contributed by atoms with van der Waals surface area (Å²) in [4.78, 5) is 12.0. The molecule has 0 saturated carbocycles. The van der Waals surface area contributed by atoms with Crippen molar-refractivity contribution in [2.24, 2.45) is 5.41 Å². The fourth-order valence-corrected chi connectivity index (χ4v) is 2.08. The summed E-state index contributed by atoms with van der Waals surface area (Å²) in [5.41, 5.74) is -0.197. The number of hydrogen-bond donors (Lipinski definition) is 2. The standard InChI is InChI=1S/C11H19ClN2O/c1-3-11(4-6-13-7-5-11)10(15)14-8-9(2)12/h13H,2-8H2,1H3,(H,14,15). The van der Waals surface area contributed by atoms with Crippen LogP contribution < -0.4 is 10.6 Å². The highest BCUT2D eigenvalue weighted by molar-refractivity contribution is 6.29. The summed E-state index contributed by atoms with van der Waals surface area (Å²) in [5, 5.41) is 6.59. The lowest BCUT2D eigenvalue weighted by molar-refractivity contribution is -0.132. The molecule has 1 aliphatic rings. The molecule has 0 radical (unpaired) electrons. The predicted octanol–water partition coefficient (Wildman–Crippen LogP) is 1.63. The number of hydrogen-bond acceptors (Lipinski definition) is 2. The van der Waals surface area contributed by atoms with Crippen LogP contribution in [0.1, 0.15) is 26.2 Å². The van der Waals surface area contributed by atoms with Gasteiger partial charge in [-0.05, 0) is 32.4 Å². The minimum absolute atomic E-state index is 0.119. The fourth-order valence-electron chi connectivity index (χ4n) is 2.01. The lowest BCUT2D eigenvalue weighted by Crippen LogP contribution is -2.47. The fraction of sp³-hybridized carbons (Fsp3) is 0.727. The van der Waals surface area contributed by atoms with E-state index in [9.17, 15) is 4.79 Å². The number of carbonyl (C=O) groups is 1. The zero-order valence-electron chi connectivity index (χ0n) is 9.24. The molecule has 1 fully saturated rings. The van der Waals surface area contributed by atoms with Gasteiger partial charge in [0.25, 0.3) is 0 Å². The molecule has 0 unspecified atom stereocenters. The van der Waals surface area contributed by atoms with Gasteiger partial charge in [0, 0.05) is 5.03 Å². The Balaban J connectivity index is 2.55. The monoisotopic (exact) mass is 230 g/mol. The molecule has 0 aromatic carbocycles. The first-order valence-corrected chi connectivity index (χ1v) is 5.81. The molecule has 0 aromatic heterocycles. The summed E-state index contributed by atoms with van der Waals surface area (Å²) in [6, 6.07) is 0. The number of amides is 1. The molecule has 1 saturated heterocycles. The Hall–Kier alpha value is -0.540. The molecule has 1 heterocycles. The quantitative estimate of drug-likeness (QED) is 0.771. The van der Waals surface area contributed by atoms with E-state index in [4.69, 9.17) is 11.6 Å². The lowest BCUT2D eigenvalue weighted by atomic mass is 9.76. The molecule has 86 valence electrons. The Morgan fingerprint density at radius 3 is 2.60 bits per heavy atom. The van der Waals surface area contributed by atoms with Gasteiger partial charge < -0.3 is 10.6 Å². The van der Waals surface area contributed by atoms with Crippen molar-refractivity contribution in [1.82, 2.24) is 10.6 Å². The molecule has 0 aromatic rings. The first-order valence-electron chi connectivity index (χ1n) is 5.43. The Morgan fingerprint density at radius 1 is 1.53 bits per heavy atom. The van der Waals surface area contributed by atoms with Crippen LogP contribution >= 0.6 is 11.6 Å². The molecule has 2 N–H and O–H groups in total. The van der Waals surface area contributed by atoms with Crippen molar-refractivity contribution in [3.05, 3.63) is 11.6 Å². The number of carbonyl (C=O) groups excluding carboxylic acids is 1. The van der Waals surface area contributed by atoms with Crippen molar-refractivity contribution in [2.75, 3.05) is 19.6 Å². The van der Waals surface area contributed by atoms with Crippen LogP contribution in [0.15, 0.2) is 11.6 Å². The summed E-state index contributed by atoms with van der Waals surface area (Å²) < 4.78 is 0. The van der Waals surface area contributed by atoms with Crippen molar-refractivity contribution in [3.8, 4) is 0 Å². The molecular weight excluding hydrogens is 212 g/mol. The topological polar surface area (TPSA) is 41.1 Å². The van der Waals surface area contributed by atoms with Gasteiger partial charge in [-0.1, -0.05) is 25.1 Å². The molecule has 1 rings (SSSR count). The second-order valence-electron chi connectivity index (χ2n) is 4.08. The summed E-state index contributed by atoms with van der Waals surface area (Å²) in [5.74, 6) is 0.119. The zero-order chi connectivity index (χ0) is 11.3. The highest BCUT2D eigenvalue weighted by Gasteiger charge is 2.37. The van der Waals surface area contributed by atoms with Gasteiger partial charge >= 0.3 is 0 Å². The molecule has 15 heavy (non-hydrogen) atoms.